The summed E-state index contributed by atoms with van der Waals surface area (Å²) in [5.74, 6) is 0.263. The molecule has 30 heavy (non-hydrogen) atoms. The first kappa shape index (κ1) is 21.7. The number of likely N-dealkylation sites (tertiary alicyclic amines) is 1. The van der Waals surface area contributed by atoms with Gasteiger partial charge in [-0.15, -0.1) is 11.8 Å². The van der Waals surface area contributed by atoms with E-state index in [0.717, 1.165) is 42.2 Å². The van der Waals surface area contributed by atoms with Gasteiger partial charge in [-0.05, 0) is 37.1 Å². The van der Waals surface area contributed by atoms with E-state index in [4.69, 9.17) is 5.26 Å². The highest BCUT2D eigenvalue weighted by molar-refractivity contribution is 7.99. The summed E-state index contributed by atoms with van der Waals surface area (Å²) in [5, 5.41) is 17.6. The van der Waals surface area contributed by atoms with Crippen molar-refractivity contribution in [3.05, 3.63) is 54.6 Å². The summed E-state index contributed by atoms with van der Waals surface area (Å²) in [6.45, 7) is 1.79. The van der Waals surface area contributed by atoms with Crippen LogP contribution in [0.25, 0.3) is 0 Å². The predicted octanol–water partition coefficient (Wildman–Crippen LogP) is 3.53. The third-order valence-electron chi connectivity index (χ3n) is 4.78. The lowest BCUT2D eigenvalue weighted by Gasteiger charge is -2.31. The van der Waals surface area contributed by atoms with E-state index >= 15 is 0 Å². The van der Waals surface area contributed by atoms with Gasteiger partial charge in [0.1, 0.15) is 0 Å². The van der Waals surface area contributed by atoms with Crippen molar-refractivity contribution in [3.8, 4) is 6.07 Å². The van der Waals surface area contributed by atoms with Gasteiger partial charge in [-0.25, -0.2) is 4.79 Å². The fourth-order valence-corrected chi connectivity index (χ4v) is 3.98. The molecule has 7 nitrogen and oxygen atoms in total. The Morgan fingerprint density at radius 2 is 1.73 bits per heavy atom. The number of amides is 3. The quantitative estimate of drug-likeness (QED) is 0.592. The molecule has 1 fully saturated rings. The van der Waals surface area contributed by atoms with Crippen LogP contribution >= 0.6 is 11.8 Å². The SMILES string of the molecule is N#CCSc1ccccc1NC(=O)CN1CCC(NC(=O)Nc2ccccc2)CC1. The van der Waals surface area contributed by atoms with Crippen molar-refractivity contribution in [2.75, 3.05) is 36.0 Å². The zero-order valence-electron chi connectivity index (χ0n) is 16.6. The highest BCUT2D eigenvalue weighted by Crippen LogP contribution is 2.26. The van der Waals surface area contributed by atoms with Gasteiger partial charge in [0.05, 0.1) is 24.1 Å². The Balaban J connectivity index is 1.41. The fraction of sp³-hybridized carbons (Fsp3) is 0.318. The highest BCUT2D eigenvalue weighted by atomic mass is 32.2. The zero-order valence-corrected chi connectivity index (χ0v) is 17.5. The molecular weight excluding hydrogens is 398 g/mol. The molecule has 0 aromatic heterocycles. The van der Waals surface area contributed by atoms with Crippen molar-refractivity contribution in [3.63, 3.8) is 0 Å². The molecular formula is C22H25N5O2S. The molecule has 0 bridgehead atoms. The van der Waals surface area contributed by atoms with Crippen molar-refractivity contribution >= 4 is 35.1 Å². The molecule has 0 radical (unpaired) electrons. The Hall–Kier alpha value is -3.02. The number of nitrogens with one attached hydrogen (secondary N) is 3. The van der Waals surface area contributed by atoms with Crippen LogP contribution in [0.3, 0.4) is 0 Å². The second-order valence-electron chi connectivity index (χ2n) is 7.01. The molecule has 3 N–H and O–H groups in total. The lowest BCUT2D eigenvalue weighted by molar-refractivity contribution is -0.117. The summed E-state index contributed by atoms with van der Waals surface area (Å²) >= 11 is 1.41. The van der Waals surface area contributed by atoms with Crippen molar-refractivity contribution in [1.82, 2.24) is 10.2 Å². The van der Waals surface area contributed by atoms with Gasteiger partial charge >= 0.3 is 6.03 Å². The molecule has 1 saturated heterocycles. The van der Waals surface area contributed by atoms with Gasteiger partial charge in [0.2, 0.25) is 5.91 Å². The molecule has 156 valence electrons. The van der Waals surface area contributed by atoms with Crippen molar-refractivity contribution < 1.29 is 9.59 Å². The lowest BCUT2D eigenvalue weighted by atomic mass is 10.1. The number of carbonyl (C=O) groups excluding carboxylic acids is 2. The summed E-state index contributed by atoms with van der Waals surface area (Å²) in [6.07, 6.45) is 1.59. The number of para-hydroxylation sites is 2. The van der Waals surface area contributed by atoms with E-state index in [1.165, 1.54) is 11.8 Å². The lowest BCUT2D eigenvalue weighted by Crippen LogP contribution is -2.47. The molecule has 0 spiro atoms. The fourth-order valence-electron chi connectivity index (χ4n) is 3.31. The summed E-state index contributed by atoms with van der Waals surface area (Å²) in [7, 11) is 0. The molecule has 0 aliphatic carbocycles. The van der Waals surface area contributed by atoms with Gasteiger partial charge < -0.3 is 16.0 Å². The second kappa shape index (κ2) is 11.2. The smallest absolute Gasteiger partial charge is 0.319 e. The maximum atomic E-state index is 12.5. The van der Waals surface area contributed by atoms with Gasteiger partial charge in [0.25, 0.3) is 0 Å². The number of nitrogens with zero attached hydrogens (tertiary/aromatic N) is 2. The number of hydrogen-bond acceptors (Lipinski definition) is 5. The molecule has 2 aromatic rings. The third kappa shape index (κ3) is 6.79. The van der Waals surface area contributed by atoms with E-state index in [9.17, 15) is 9.59 Å². The van der Waals surface area contributed by atoms with Crippen molar-refractivity contribution in [1.29, 1.82) is 5.26 Å². The molecule has 0 unspecified atom stereocenters. The Kier molecular flexibility index (Phi) is 8.12. The van der Waals surface area contributed by atoms with Crippen LogP contribution in [0.15, 0.2) is 59.5 Å². The van der Waals surface area contributed by atoms with Crippen molar-refractivity contribution in [2.24, 2.45) is 0 Å². The van der Waals surface area contributed by atoms with E-state index in [2.05, 4.69) is 26.9 Å². The second-order valence-corrected chi connectivity index (χ2v) is 8.02. The van der Waals surface area contributed by atoms with Crippen LogP contribution in [0.5, 0.6) is 0 Å². The number of nitriles is 1. The molecule has 0 saturated carbocycles. The minimum Gasteiger partial charge on any atom is -0.335 e. The minimum atomic E-state index is -0.205. The normalized spacial score (nSPS) is 14.5. The van der Waals surface area contributed by atoms with Gasteiger partial charge in [-0.1, -0.05) is 30.3 Å². The molecule has 1 aliphatic rings. The van der Waals surface area contributed by atoms with E-state index < -0.39 is 0 Å². The topological polar surface area (TPSA) is 97.3 Å². The Morgan fingerprint density at radius 3 is 2.47 bits per heavy atom. The maximum absolute atomic E-state index is 12.5. The van der Waals surface area contributed by atoms with Crippen LogP contribution in [-0.4, -0.2) is 48.3 Å². The number of benzene rings is 2. The molecule has 0 atom stereocenters. The van der Waals surface area contributed by atoms with Crippen LogP contribution in [0.2, 0.25) is 0 Å². The van der Waals surface area contributed by atoms with Crippen LogP contribution in [0.4, 0.5) is 16.2 Å². The largest absolute Gasteiger partial charge is 0.335 e. The van der Waals surface area contributed by atoms with Gasteiger partial charge in [-0.2, -0.15) is 5.26 Å². The number of hydrogen-bond donors (Lipinski definition) is 3. The summed E-state index contributed by atoms with van der Waals surface area (Å²) in [6, 6.07) is 18.8. The number of urea groups is 1. The van der Waals surface area contributed by atoms with Crippen LogP contribution in [0.1, 0.15) is 12.8 Å². The minimum absolute atomic E-state index is 0.0757. The van der Waals surface area contributed by atoms with Crippen LogP contribution in [0, 0.1) is 11.3 Å². The molecule has 8 heteroatoms. The number of rotatable bonds is 7. The molecule has 2 aromatic carbocycles. The van der Waals surface area contributed by atoms with E-state index in [1.807, 2.05) is 54.6 Å². The predicted molar refractivity (Wildman–Crippen MR) is 119 cm³/mol. The number of carbonyl (C=O) groups is 2. The van der Waals surface area contributed by atoms with Gasteiger partial charge in [0, 0.05) is 29.7 Å². The maximum Gasteiger partial charge on any atom is 0.319 e. The van der Waals surface area contributed by atoms with Crippen LogP contribution < -0.4 is 16.0 Å². The van der Waals surface area contributed by atoms with Gasteiger partial charge in [-0.3, -0.25) is 9.69 Å². The monoisotopic (exact) mass is 423 g/mol. The molecule has 3 amide bonds. The van der Waals surface area contributed by atoms with Gasteiger partial charge in [0.15, 0.2) is 0 Å². The third-order valence-corrected chi connectivity index (χ3v) is 5.72. The van der Waals surface area contributed by atoms with Crippen LogP contribution in [-0.2, 0) is 4.79 Å². The molecule has 1 aliphatic heterocycles. The first-order valence-corrected chi connectivity index (χ1v) is 10.9. The molecule has 1 heterocycles. The Labute approximate surface area is 180 Å². The molecule has 3 rings (SSSR count). The average Bonchev–Trinajstić information content (AvgIpc) is 2.75. The standard InChI is InChI=1S/C22H25N5O2S/c23-12-15-30-20-9-5-4-8-19(20)26-21(28)16-27-13-10-18(11-14-27)25-22(29)24-17-6-2-1-3-7-17/h1-9,18H,10-11,13-16H2,(H,26,28)(H2,24,25,29). The first-order chi connectivity index (χ1) is 14.6. The summed E-state index contributed by atoms with van der Waals surface area (Å²) in [5.41, 5.74) is 1.49. The number of thioether (sulfide) groups is 1. The summed E-state index contributed by atoms with van der Waals surface area (Å²) in [4.78, 5) is 27.6. The van der Waals surface area contributed by atoms with E-state index in [0.29, 0.717) is 12.3 Å². The van der Waals surface area contributed by atoms with E-state index in [1.54, 1.807) is 0 Å². The highest BCUT2D eigenvalue weighted by Gasteiger charge is 2.22. The van der Waals surface area contributed by atoms with E-state index in [-0.39, 0.29) is 18.0 Å². The van der Waals surface area contributed by atoms with Crippen molar-refractivity contribution in [2.45, 2.75) is 23.8 Å². The summed E-state index contributed by atoms with van der Waals surface area (Å²) < 4.78 is 0. The number of piperidine rings is 1. The zero-order chi connectivity index (χ0) is 21.2. The number of anilines is 2. The Morgan fingerprint density at radius 1 is 1.03 bits per heavy atom. The Bertz CT molecular complexity index is 892. The first-order valence-electron chi connectivity index (χ1n) is 9.87. The average molecular weight is 424 g/mol.